The normalized spacial score (nSPS) is 33.1. The second-order valence-corrected chi connectivity index (χ2v) is 6.19. The van der Waals surface area contributed by atoms with Crippen LogP contribution < -0.4 is 5.32 Å². The Hall–Kier alpha value is -0.380. The molecule has 0 radical (unpaired) electrons. The maximum Gasteiger partial charge on any atom is 0.0247 e. The minimum Gasteiger partial charge on any atom is -0.314 e. The fraction of sp³-hybridized carbons (Fsp3) is 0.714. The first kappa shape index (κ1) is 11.7. The third kappa shape index (κ3) is 2.42. The Morgan fingerprint density at radius 2 is 2.12 bits per heavy atom. The summed E-state index contributed by atoms with van der Waals surface area (Å²) in [6.07, 6.45) is 5.54. The van der Waals surface area contributed by atoms with Crippen molar-refractivity contribution in [2.24, 2.45) is 0 Å². The number of nitrogens with one attached hydrogen (secondary N) is 1. The van der Waals surface area contributed by atoms with Crippen molar-refractivity contribution in [1.29, 1.82) is 0 Å². The predicted octanol–water partition coefficient (Wildman–Crippen LogP) is 2.85. The molecule has 2 fully saturated rings. The molecule has 3 heterocycles. The van der Waals surface area contributed by atoms with Gasteiger partial charge >= 0.3 is 0 Å². The highest BCUT2D eigenvalue weighted by Gasteiger charge is 2.40. The average Bonchev–Trinajstić information content (AvgIpc) is 2.89. The summed E-state index contributed by atoms with van der Waals surface area (Å²) in [5, 5.41) is 8.14. The zero-order chi connectivity index (χ0) is 11.7. The fourth-order valence-electron chi connectivity index (χ4n) is 3.58. The molecule has 1 aromatic heterocycles. The van der Waals surface area contributed by atoms with Crippen LogP contribution >= 0.6 is 11.3 Å². The summed E-state index contributed by atoms with van der Waals surface area (Å²) in [6, 6.07) is 4.71. The summed E-state index contributed by atoms with van der Waals surface area (Å²) in [4.78, 5) is 2.76. The minimum atomic E-state index is 0.774. The summed E-state index contributed by atoms with van der Waals surface area (Å²) < 4.78 is 0. The second kappa shape index (κ2) is 5.09. The molecule has 2 nitrogen and oxygen atoms in total. The van der Waals surface area contributed by atoms with Crippen LogP contribution in [0.4, 0.5) is 0 Å². The van der Waals surface area contributed by atoms with E-state index in [1.807, 2.05) is 11.3 Å². The Labute approximate surface area is 108 Å². The second-order valence-electron chi connectivity index (χ2n) is 5.41. The highest BCUT2D eigenvalue weighted by atomic mass is 32.1. The van der Waals surface area contributed by atoms with Gasteiger partial charge in [0.1, 0.15) is 0 Å². The lowest BCUT2D eigenvalue weighted by Gasteiger charge is -2.39. The van der Waals surface area contributed by atoms with Gasteiger partial charge in [-0.25, -0.2) is 0 Å². The van der Waals surface area contributed by atoms with Gasteiger partial charge in [-0.2, -0.15) is 11.3 Å². The first-order valence-corrected chi connectivity index (χ1v) is 7.81. The highest BCUT2D eigenvalue weighted by molar-refractivity contribution is 7.07. The lowest BCUT2D eigenvalue weighted by molar-refractivity contribution is 0.110. The molecule has 0 saturated carbocycles. The molecule has 3 heteroatoms. The van der Waals surface area contributed by atoms with E-state index in [1.165, 1.54) is 37.8 Å². The van der Waals surface area contributed by atoms with Crippen LogP contribution in [-0.4, -0.2) is 29.6 Å². The first-order chi connectivity index (χ1) is 8.36. The average molecular weight is 250 g/mol. The van der Waals surface area contributed by atoms with Gasteiger partial charge in [0.15, 0.2) is 0 Å². The maximum atomic E-state index is 3.64. The van der Waals surface area contributed by atoms with Crippen LogP contribution in [0.1, 0.15) is 38.2 Å². The number of thiophene rings is 1. The van der Waals surface area contributed by atoms with Crippen LogP contribution in [0.2, 0.25) is 0 Å². The van der Waals surface area contributed by atoms with Crippen molar-refractivity contribution in [3.63, 3.8) is 0 Å². The molecule has 2 atom stereocenters. The Bertz CT molecular complexity index is 335. The van der Waals surface area contributed by atoms with Crippen molar-refractivity contribution in [2.45, 2.75) is 57.3 Å². The number of rotatable bonds is 4. The molecule has 94 valence electrons. The molecule has 1 N–H and O–H groups in total. The van der Waals surface area contributed by atoms with Gasteiger partial charge in [-0.1, -0.05) is 6.92 Å². The molecular formula is C14H22N2S. The van der Waals surface area contributed by atoms with Crippen molar-refractivity contribution in [3.05, 3.63) is 22.4 Å². The molecule has 2 aliphatic rings. The molecule has 2 saturated heterocycles. The Morgan fingerprint density at radius 1 is 1.35 bits per heavy atom. The first-order valence-electron chi connectivity index (χ1n) is 6.87. The minimum absolute atomic E-state index is 0.774. The quantitative estimate of drug-likeness (QED) is 0.884. The van der Waals surface area contributed by atoms with Crippen molar-refractivity contribution in [3.8, 4) is 0 Å². The predicted molar refractivity (Wildman–Crippen MR) is 73.4 cm³/mol. The van der Waals surface area contributed by atoms with E-state index in [0.717, 1.165) is 24.7 Å². The Balaban J connectivity index is 1.64. The Kier molecular flexibility index (Phi) is 3.50. The lowest BCUT2D eigenvalue weighted by atomic mass is 9.97. The monoisotopic (exact) mass is 250 g/mol. The van der Waals surface area contributed by atoms with Crippen LogP contribution in [0.3, 0.4) is 0 Å². The summed E-state index contributed by atoms with van der Waals surface area (Å²) in [6.45, 7) is 4.52. The molecule has 1 aromatic rings. The van der Waals surface area contributed by atoms with Gasteiger partial charge in [0.25, 0.3) is 0 Å². The van der Waals surface area contributed by atoms with E-state index < -0.39 is 0 Å². The van der Waals surface area contributed by atoms with E-state index in [4.69, 9.17) is 0 Å². The topological polar surface area (TPSA) is 15.3 Å². The van der Waals surface area contributed by atoms with Gasteiger partial charge in [0.05, 0.1) is 0 Å². The van der Waals surface area contributed by atoms with Crippen molar-refractivity contribution >= 4 is 11.3 Å². The number of hydrogen-bond acceptors (Lipinski definition) is 3. The molecule has 0 amide bonds. The van der Waals surface area contributed by atoms with E-state index >= 15 is 0 Å². The van der Waals surface area contributed by atoms with E-state index in [1.54, 1.807) is 0 Å². The van der Waals surface area contributed by atoms with Crippen molar-refractivity contribution < 1.29 is 0 Å². The van der Waals surface area contributed by atoms with Crippen LogP contribution in [0, 0.1) is 0 Å². The third-order valence-corrected chi connectivity index (χ3v) is 5.05. The summed E-state index contributed by atoms with van der Waals surface area (Å²) in [5.41, 5.74) is 1.51. The summed E-state index contributed by atoms with van der Waals surface area (Å²) in [5.74, 6) is 0. The van der Waals surface area contributed by atoms with Crippen LogP contribution in [0.15, 0.2) is 16.8 Å². The van der Waals surface area contributed by atoms with Gasteiger partial charge in [0, 0.05) is 24.7 Å². The van der Waals surface area contributed by atoms with E-state index in [0.29, 0.717) is 0 Å². The SMILES string of the molecule is CCNC1CC2CCC(C1)N2Cc1ccsc1. The van der Waals surface area contributed by atoms with Gasteiger partial charge < -0.3 is 5.32 Å². The van der Waals surface area contributed by atoms with Crippen molar-refractivity contribution in [2.75, 3.05) is 6.54 Å². The standard InChI is InChI=1S/C14H22N2S/c1-2-15-12-7-13-3-4-14(8-12)16(13)9-11-5-6-17-10-11/h5-6,10,12-15H,2-4,7-9H2,1H3. The van der Waals surface area contributed by atoms with Crippen LogP contribution in [0.5, 0.6) is 0 Å². The van der Waals surface area contributed by atoms with E-state index in [9.17, 15) is 0 Å². The number of nitrogens with zero attached hydrogens (tertiary/aromatic N) is 1. The van der Waals surface area contributed by atoms with E-state index in [2.05, 4.69) is 34.0 Å². The number of piperidine rings is 1. The van der Waals surface area contributed by atoms with Gasteiger partial charge in [-0.3, -0.25) is 4.90 Å². The highest BCUT2D eigenvalue weighted by Crippen LogP contribution is 2.36. The molecule has 2 aliphatic heterocycles. The van der Waals surface area contributed by atoms with Gasteiger partial charge in [-0.05, 0) is 54.6 Å². The number of fused-ring (bicyclic) bond motifs is 2. The molecule has 3 rings (SSSR count). The Morgan fingerprint density at radius 3 is 2.71 bits per heavy atom. The molecule has 17 heavy (non-hydrogen) atoms. The van der Waals surface area contributed by atoms with Crippen molar-refractivity contribution in [1.82, 2.24) is 10.2 Å². The molecule has 0 aromatic carbocycles. The number of hydrogen-bond donors (Lipinski definition) is 1. The van der Waals surface area contributed by atoms with Crippen LogP contribution in [-0.2, 0) is 6.54 Å². The third-order valence-electron chi connectivity index (χ3n) is 4.32. The fourth-order valence-corrected chi connectivity index (χ4v) is 4.24. The lowest BCUT2D eigenvalue weighted by Crippen LogP contribution is -2.48. The zero-order valence-corrected chi connectivity index (χ0v) is 11.4. The molecular weight excluding hydrogens is 228 g/mol. The van der Waals surface area contributed by atoms with E-state index in [-0.39, 0.29) is 0 Å². The zero-order valence-electron chi connectivity index (χ0n) is 10.6. The molecule has 2 unspecified atom stereocenters. The summed E-state index contributed by atoms with van der Waals surface area (Å²) >= 11 is 1.82. The van der Waals surface area contributed by atoms with Gasteiger partial charge in [0.2, 0.25) is 0 Å². The molecule has 2 bridgehead atoms. The largest absolute Gasteiger partial charge is 0.314 e. The smallest absolute Gasteiger partial charge is 0.0247 e. The summed E-state index contributed by atoms with van der Waals surface area (Å²) in [7, 11) is 0. The molecule has 0 aliphatic carbocycles. The van der Waals surface area contributed by atoms with Crippen LogP contribution in [0.25, 0.3) is 0 Å². The van der Waals surface area contributed by atoms with Gasteiger partial charge in [-0.15, -0.1) is 0 Å². The maximum absolute atomic E-state index is 3.64. The molecule has 0 spiro atoms.